The first-order valence-electron chi connectivity index (χ1n) is 15.5. The van der Waals surface area contributed by atoms with Crippen LogP contribution in [0.4, 0.5) is 11.4 Å². The van der Waals surface area contributed by atoms with Crippen LogP contribution >= 0.6 is 0 Å². The fraction of sp³-hybridized carbons (Fsp3) is 0.231. The van der Waals surface area contributed by atoms with Crippen molar-refractivity contribution in [1.29, 1.82) is 0 Å². The summed E-state index contributed by atoms with van der Waals surface area (Å²) in [6.07, 6.45) is 5.03. The van der Waals surface area contributed by atoms with E-state index in [1.807, 2.05) is 0 Å². The van der Waals surface area contributed by atoms with Gasteiger partial charge < -0.3 is 14.9 Å². The highest BCUT2D eigenvalue weighted by molar-refractivity contribution is 6.22. The van der Waals surface area contributed by atoms with Crippen molar-refractivity contribution in [3.05, 3.63) is 108 Å². The largest absolute Gasteiger partial charge is 0.355 e. The highest BCUT2D eigenvalue weighted by atomic mass is 15.0. The van der Waals surface area contributed by atoms with Crippen molar-refractivity contribution in [3.8, 4) is 11.1 Å². The van der Waals surface area contributed by atoms with Gasteiger partial charge in [-0.3, -0.25) is 0 Å². The molecule has 0 saturated heterocycles. The first-order chi connectivity index (χ1) is 20.5. The Morgan fingerprint density at radius 1 is 0.643 bits per heavy atom. The lowest BCUT2D eigenvalue weighted by atomic mass is 9.74. The van der Waals surface area contributed by atoms with Gasteiger partial charge in [0, 0.05) is 55.9 Å². The van der Waals surface area contributed by atoms with Crippen LogP contribution < -0.4 is 5.32 Å². The fourth-order valence-corrected chi connectivity index (χ4v) is 7.42. The molecule has 42 heavy (non-hydrogen) atoms. The summed E-state index contributed by atoms with van der Waals surface area (Å²) in [7, 11) is 0. The molecular weight excluding hydrogens is 510 g/mol. The smallest absolute Gasteiger partial charge is 0.0737 e. The molecule has 3 nitrogen and oxygen atoms in total. The molecule has 3 heterocycles. The normalized spacial score (nSPS) is 14.0. The summed E-state index contributed by atoms with van der Waals surface area (Å²) in [6, 6.07) is 36.0. The topological polar surface area (TPSA) is 32.8 Å². The minimum Gasteiger partial charge on any atom is -0.355 e. The molecule has 0 unspecified atom stereocenters. The summed E-state index contributed by atoms with van der Waals surface area (Å²) < 4.78 is 2.56. The van der Waals surface area contributed by atoms with Crippen molar-refractivity contribution in [2.24, 2.45) is 0 Å². The van der Waals surface area contributed by atoms with Crippen LogP contribution in [0, 0.1) is 0 Å². The quantitative estimate of drug-likeness (QED) is 0.199. The number of aromatic nitrogens is 2. The maximum atomic E-state index is 3.89. The molecule has 2 aromatic heterocycles. The molecule has 3 heteroatoms. The molecule has 0 spiro atoms. The number of para-hydroxylation sites is 2. The summed E-state index contributed by atoms with van der Waals surface area (Å²) in [6.45, 7) is 7.98. The number of nitrogens with one attached hydrogen (secondary N) is 2. The van der Waals surface area contributed by atoms with Crippen molar-refractivity contribution < 1.29 is 0 Å². The molecule has 0 atom stereocenters. The molecule has 0 aliphatic carbocycles. The molecule has 208 valence electrons. The van der Waals surface area contributed by atoms with E-state index in [2.05, 4.69) is 133 Å². The van der Waals surface area contributed by atoms with E-state index >= 15 is 0 Å². The molecule has 0 saturated carbocycles. The van der Waals surface area contributed by atoms with Crippen LogP contribution in [0.1, 0.15) is 57.6 Å². The molecule has 7 aromatic rings. The molecule has 2 N–H and O–H groups in total. The minimum atomic E-state index is -0.0444. The van der Waals surface area contributed by atoms with Crippen LogP contribution in [0.25, 0.3) is 54.7 Å². The average molecular weight is 548 g/mol. The van der Waals surface area contributed by atoms with E-state index in [-0.39, 0.29) is 5.41 Å². The number of benzene rings is 5. The van der Waals surface area contributed by atoms with Gasteiger partial charge in [0.15, 0.2) is 0 Å². The number of H-pyrrole nitrogens is 1. The molecule has 0 fully saturated rings. The summed E-state index contributed by atoms with van der Waals surface area (Å²) in [5.41, 5.74) is 12.6. The van der Waals surface area contributed by atoms with Gasteiger partial charge in [-0.1, -0.05) is 113 Å². The van der Waals surface area contributed by atoms with Gasteiger partial charge in [-0.2, -0.15) is 0 Å². The zero-order valence-electron chi connectivity index (χ0n) is 24.7. The molecule has 1 aliphatic rings. The average Bonchev–Trinajstić information content (AvgIpc) is 3.54. The van der Waals surface area contributed by atoms with E-state index < -0.39 is 0 Å². The van der Waals surface area contributed by atoms with E-state index in [1.54, 1.807) is 0 Å². The Morgan fingerprint density at radius 3 is 2.29 bits per heavy atom. The maximum Gasteiger partial charge on any atom is 0.0737 e. The minimum absolute atomic E-state index is 0.0444. The van der Waals surface area contributed by atoms with Crippen LogP contribution in [0.5, 0.6) is 0 Å². The predicted octanol–water partition coefficient (Wildman–Crippen LogP) is 11.1. The van der Waals surface area contributed by atoms with Gasteiger partial charge in [0.25, 0.3) is 0 Å². The Morgan fingerprint density at radius 2 is 1.38 bits per heavy atom. The molecule has 0 radical (unpaired) electrons. The number of nitrogens with zero attached hydrogens (tertiary/aromatic N) is 1. The molecule has 0 bridgehead atoms. The highest BCUT2D eigenvalue weighted by Crippen LogP contribution is 2.46. The Balaban J connectivity index is 1.25. The van der Waals surface area contributed by atoms with Crippen molar-refractivity contribution >= 4 is 55.0 Å². The summed E-state index contributed by atoms with van der Waals surface area (Å²) in [4.78, 5) is 3.89. The van der Waals surface area contributed by atoms with Crippen molar-refractivity contribution in [3.63, 3.8) is 0 Å². The van der Waals surface area contributed by atoms with Gasteiger partial charge in [0.05, 0.1) is 11.0 Å². The maximum absolute atomic E-state index is 3.89. The third kappa shape index (κ3) is 3.73. The number of aromatic amines is 1. The summed E-state index contributed by atoms with van der Waals surface area (Å²) in [5.74, 6) is 0. The fourth-order valence-electron chi connectivity index (χ4n) is 7.42. The monoisotopic (exact) mass is 547 g/mol. The SMILES string of the molecule is CCCCCCn1c2ccccc2c2ccc3c4ccc(-c5ccc6c(c5)Nc5ccccc5C6(C)C)cc4[nH]c3c21. The van der Waals surface area contributed by atoms with Gasteiger partial charge in [-0.15, -0.1) is 0 Å². The number of fused-ring (bicyclic) bond motifs is 9. The van der Waals surface area contributed by atoms with Crippen LogP contribution in [0.15, 0.2) is 97.1 Å². The zero-order chi connectivity index (χ0) is 28.4. The molecule has 5 aromatic carbocycles. The van der Waals surface area contributed by atoms with E-state index in [9.17, 15) is 0 Å². The standard InChI is InChI=1S/C39H37N3/c1-4-5-6-11-22-42-36-15-10-7-12-28(36)30-20-19-29-27-18-16-25(23-34(27)41-37(29)38(30)42)26-17-21-32-35(24-26)40-33-14-9-8-13-31(33)39(32,2)3/h7-10,12-21,23-24,40-41H,4-6,11,22H2,1-3H3. The van der Waals surface area contributed by atoms with Gasteiger partial charge in [0.2, 0.25) is 0 Å². The van der Waals surface area contributed by atoms with Crippen molar-refractivity contribution in [1.82, 2.24) is 9.55 Å². The van der Waals surface area contributed by atoms with E-state index in [4.69, 9.17) is 0 Å². The van der Waals surface area contributed by atoms with E-state index in [0.29, 0.717) is 0 Å². The van der Waals surface area contributed by atoms with Gasteiger partial charge in [-0.05, 0) is 52.9 Å². The number of hydrogen-bond donors (Lipinski definition) is 2. The van der Waals surface area contributed by atoms with Gasteiger partial charge in [-0.25, -0.2) is 0 Å². The number of anilines is 2. The Hall–Kier alpha value is -4.50. The van der Waals surface area contributed by atoms with Gasteiger partial charge in [0.1, 0.15) is 0 Å². The molecular formula is C39H37N3. The van der Waals surface area contributed by atoms with Crippen molar-refractivity contribution in [2.75, 3.05) is 5.32 Å². The summed E-state index contributed by atoms with van der Waals surface area (Å²) in [5, 5.41) is 8.98. The zero-order valence-corrected chi connectivity index (χ0v) is 24.7. The Kier molecular flexibility index (Phi) is 5.72. The van der Waals surface area contributed by atoms with Crippen LogP contribution in [0.2, 0.25) is 0 Å². The lowest BCUT2D eigenvalue weighted by molar-refractivity contribution is 0.603. The number of rotatable bonds is 6. The molecule has 8 rings (SSSR count). The highest BCUT2D eigenvalue weighted by Gasteiger charge is 2.32. The van der Waals surface area contributed by atoms with E-state index in [1.165, 1.54) is 103 Å². The number of unbranched alkanes of at least 4 members (excludes halogenated alkanes) is 3. The summed E-state index contributed by atoms with van der Waals surface area (Å²) >= 11 is 0. The first-order valence-corrected chi connectivity index (χ1v) is 15.5. The van der Waals surface area contributed by atoms with E-state index in [0.717, 1.165) is 6.54 Å². The third-order valence-electron chi connectivity index (χ3n) is 9.63. The number of aryl methyl sites for hydroxylation is 1. The van der Waals surface area contributed by atoms with Crippen molar-refractivity contribution in [2.45, 2.75) is 58.4 Å². The Bertz CT molecular complexity index is 2140. The number of hydrogen-bond acceptors (Lipinski definition) is 1. The second-order valence-electron chi connectivity index (χ2n) is 12.6. The second-order valence-corrected chi connectivity index (χ2v) is 12.6. The lowest BCUT2D eigenvalue weighted by Gasteiger charge is -2.36. The third-order valence-corrected chi connectivity index (χ3v) is 9.63. The lowest BCUT2D eigenvalue weighted by Crippen LogP contribution is -2.25. The van der Waals surface area contributed by atoms with Crippen LogP contribution in [0.3, 0.4) is 0 Å². The molecule has 0 amide bonds. The Labute approximate surface area is 247 Å². The second kappa shape index (κ2) is 9.52. The van der Waals surface area contributed by atoms with Crippen LogP contribution in [-0.2, 0) is 12.0 Å². The molecule has 1 aliphatic heterocycles. The first kappa shape index (κ1) is 25.2. The van der Waals surface area contributed by atoms with Gasteiger partial charge >= 0.3 is 0 Å². The predicted molar refractivity (Wildman–Crippen MR) is 180 cm³/mol. The van der Waals surface area contributed by atoms with Crippen LogP contribution in [-0.4, -0.2) is 9.55 Å².